The summed E-state index contributed by atoms with van der Waals surface area (Å²) in [5.41, 5.74) is 4.88. The van der Waals surface area contributed by atoms with Crippen molar-refractivity contribution in [3.05, 3.63) is 32.8 Å². The minimum Gasteiger partial charge on any atom is -0.477 e. The van der Waals surface area contributed by atoms with Gasteiger partial charge in [0, 0.05) is 38.4 Å². The Hall–Kier alpha value is -2.32. The lowest BCUT2D eigenvalue weighted by Crippen LogP contribution is -2.44. The van der Waals surface area contributed by atoms with Crippen LogP contribution in [0.5, 0.6) is 0 Å². The summed E-state index contributed by atoms with van der Waals surface area (Å²) in [4.78, 5) is 25.9. The second-order valence-electron chi connectivity index (χ2n) is 6.67. The van der Waals surface area contributed by atoms with Crippen LogP contribution in [0.3, 0.4) is 0 Å². The summed E-state index contributed by atoms with van der Waals surface area (Å²) in [5.74, 6) is -2.14. The molecule has 0 atom stereocenters. The van der Waals surface area contributed by atoms with Crippen LogP contribution in [0.4, 0.5) is 15.8 Å². The first-order chi connectivity index (χ1) is 12.4. The van der Waals surface area contributed by atoms with E-state index in [4.69, 9.17) is 17.3 Å². The van der Waals surface area contributed by atoms with Crippen LogP contribution in [0.25, 0.3) is 10.9 Å². The summed E-state index contributed by atoms with van der Waals surface area (Å²) in [7, 11) is 0. The van der Waals surface area contributed by atoms with Gasteiger partial charge < -0.3 is 25.6 Å². The normalized spacial score (nSPS) is 17.7. The first-order valence-electron chi connectivity index (χ1n) is 8.46. The van der Waals surface area contributed by atoms with Crippen LogP contribution in [0.2, 0.25) is 5.02 Å². The lowest BCUT2D eigenvalue weighted by atomic mass is 10.1. The number of aromatic nitrogens is 1. The number of aromatic carboxylic acids is 1. The zero-order valence-electron chi connectivity index (χ0n) is 13.9. The quantitative estimate of drug-likeness (QED) is 0.702. The van der Waals surface area contributed by atoms with E-state index in [2.05, 4.69) is 5.32 Å². The van der Waals surface area contributed by atoms with Gasteiger partial charge in [-0.2, -0.15) is 0 Å². The molecule has 1 aromatic carbocycles. The fourth-order valence-corrected chi connectivity index (χ4v) is 3.91. The van der Waals surface area contributed by atoms with Crippen molar-refractivity contribution >= 4 is 39.8 Å². The highest BCUT2D eigenvalue weighted by atomic mass is 35.5. The van der Waals surface area contributed by atoms with Crippen LogP contribution in [-0.2, 0) is 0 Å². The average molecular weight is 381 g/mol. The second kappa shape index (κ2) is 6.14. The van der Waals surface area contributed by atoms with Gasteiger partial charge in [0.25, 0.3) is 0 Å². The van der Waals surface area contributed by atoms with Gasteiger partial charge in [-0.25, -0.2) is 9.18 Å². The molecule has 0 bridgehead atoms. The Bertz CT molecular complexity index is 981. The van der Waals surface area contributed by atoms with Crippen molar-refractivity contribution in [2.24, 2.45) is 0 Å². The molecule has 0 spiro atoms. The van der Waals surface area contributed by atoms with Gasteiger partial charge in [-0.15, -0.1) is 0 Å². The molecule has 1 aromatic heterocycles. The first kappa shape index (κ1) is 17.1. The number of fused-ring (bicyclic) bond motifs is 1. The molecule has 1 saturated carbocycles. The third-order valence-corrected chi connectivity index (χ3v) is 5.33. The van der Waals surface area contributed by atoms with E-state index in [9.17, 15) is 14.7 Å². The maximum Gasteiger partial charge on any atom is 0.341 e. The highest BCUT2D eigenvalue weighted by Crippen LogP contribution is 2.44. The SMILES string of the molecule is Nc1c(F)c(N2CCNCC2)c(Cl)c2c1c(=O)c(C(=O)O)cn2C1CC1. The minimum absolute atomic E-state index is 0.0365. The topological polar surface area (TPSA) is 101 Å². The van der Waals surface area contributed by atoms with Crippen LogP contribution in [0.1, 0.15) is 29.2 Å². The number of carboxylic acids is 1. The van der Waals surface area contributed by atoms with E-state index in [1.807, 2.05) is 0 Å². The molecule has 0 radical (unpaired) electrons. The van der Waals surface area contributed by atoms with Gasteiger partial charge in [-0.05, 0) is 12.8 Å². The van der Waals surface area contributed by atoms with Crippen molar-refractivity contribution in [2.75, 3.05) is 36.8 Å². The Morgan fingerprint density at radius 3 is 2.58 bits per heavy atom. The molecule has 2 aliphatic rings. The molecule has 4 rings (SSSR count). The van der Waals surface area contributed by atoms with E-state index >= 15 is 4.39 Å². The van der Waals surface area contributed by atoms with Crippen molar-refractivity contribution in [1.29, 1.82) is 0 Å². The lowest BCUT2D eigenvalue weighted by Gasteiger charge is -2.31. The molecule has 7 nitrogen and oxygen atoms in total. The monoisotopic (exact) mass is 380 g/mol. The smallest absolute Gasteiger partial charge is 0.341 e. The zero-order chi connectivity index (χ0) is 18.6. The van der Waals surface area contributed by atoms with Crippen molar-refractivity contribution in [3.63, 3.8) is 0 Å². The average Bonchev–Trinajstić information content (AvgIpc) is 3.45. The number of nitrogens with zero attached hydrogens (tertiary/aromatic N) is 2. The van der Waals surface area contributed by atoms with Crippen molar-refractivity contribution in [3.8, 4) is 0 Å². The van der Waals surface area contributed by atoms with Crippen molar-refractivity contribution in [2.45, 2.75) is 18.9 Å². The number of carbonyl (C=O) groups is 1. The number of rotatable bonds is 3. The Morgan fingerprint density at radius 1 is 1.35 bits per heavy atom. The molecule has 2 fully saturated rings. The molecule has 4 N–H and O–H groups in total. The molecular weight excluding hydrogens is 363 g/mol. The number of hydrogen-bond donors (Lipinski definition) is 3. The van der Waals surface area contributed by atoms with Gasteiger partial charge in [0.15, 0.2) is 5.82 Å². The van der Waals surface area contributed by atoms with Crippen LogP contribution < -0.4 is 21.4 Å². The van der Waals surface area contributed by atoms with E-state index in [0.717, 1.165) is 12.8 Å². The lowest BCUT2D eigenvalue weighted by molar-refractivity contribution is 0.0695. The largest absolute Gasteiger partial charge is 0.477 e. The maximum atomic E-state index is 15.1. The summed E-state index contributed by atoms with van der Waals surface area (Å²) in [5, 5.41) is 12.5. The standard InChI is InChI=1S/C17H18ClFN4O3/c18-11-14-10(13(20)12(19)15(11)22-5-3-21-4-6-22)16(24)9(17(25)26)7-23(14)8-1-2-8/h7-8,21H,1-6,20H2,(H,25,26). The molecule has 9 heteroatoms. The molecule has 1 aliphatic heterocycles. The number of pyridine rings is 1. The summed E-state index contributed by atoms with van der Waals surface area (Å²) >= 11 is 6.57. The summed E-state index contributed by atoms with van der Waals surface area (Å²) in [6.45, 7) is 2.48. The highest BCUT2D eigenvalue weighted by molar-refractivity contribution is 6.38. The Morgan fingerprint density at radius 2 is 2.00 bits per heavy atom. The highest BCUT2D eigenvalue weighted by Gasteiger charge is 2.32. The number of hydrogen-bond acceptors (Lipinski definition) is 5. The predicted octanol–water partition coefficient (Wildman–Crippen LogP) is 1.82. The van der Waals surface area contributed by atoms with Crippen LogP contribution in [-0.4, -0.2) is 41.8 Å². The van der Waals surface area contributed by atoms with Crippen molar-refractivity contribution in [1.82, 2.24) is 9.88 Å². The Balaban J connectivity index is 2.09. The third-order valence-electron chi connectivity index (χ3n) is 4.97. The fourth-order valence-electron chi connectivity index (χ4n) is 3.51. The number of halogens is 2. The maximum absolute atomic E-state index is 15.1. The van der Waals surface area contributed by atoms with Gasteiger partial charge in [-0.3, -0.25) is 4.79 Å². The van der Waals surface area contributed by atoms with Crippen LogP contribution in [0.15, 0.2) is 11.0 Å². The Labute approximate surface area is 153 Å². The number of benzene rings is 1. The fraction of sp³-hybridized carbons (Fsp3) is 0.412. The summed E-state index contributed by atoms with van der Waals surface area (Å²) in [6.07, 6.45) is 2.98. The van der Waals surface area contributed by atoms with Crippen LogP contribution >= 0.6 is 11.6 Å². The van der Waals surface area contributed by atoms with E-state index < -0.39 is 22.8 Å². The molecule has 2 aromatic rings. The van der Waals surface area contributed by atoms with E-state index in [0.29, 0.717) is 31.7 Å². The summed E-state index contributed by atoms with van der Waals surface area (Å²) in [6, 6.07) is 0.0365. The number of nitrogen functional groups attached to an aromatic ring is 1. The molecule has 1 saturated heterocycles. The van der Waals surface area contributed by atoms with E-state index in [-0.39, 0.29) is 27.8 Å². The second-order valence-corrected chi connectivity index (χ2v) is 7.04. The van der Waals surface area contributed by atoms with Gasteiger partial charge in [0.05, 0.1) is 27.3 Å². The number of nitrogens with one attached hydrogen (secondary N) is 1. The number of anilines is 2. The van der Waals surface area contributed by atoms with Gasteiger partial charge in [0.1, 0.15) is 5.56 Å². The molecular formula is C17H18ClFN4O3. The first-order valence-corrected chi connectivity index (χ1v) is 8.83. The molecule has 138 valence electrons. The van der Waals surface area contributed by atoms with Gasteiger partial charge in [0.2, 0.25) is 5.43 Å². The zero-order valence-corrected chi connectivity index (χ0v) is 14.6. The number of carboxylic acid groups (broad SMARTS) is 1. The Kier molecular flexibility index (Phi) is 4.04. The predicted molar refractivity (Wildman–Crippen MR) is 97.9 cm³/mol. The van der Waals surface area contributed by atoms with Gasteiger partial charge >= 0.3 is 5.97 Å². The third kappa shape index (κ3) is 2.52. The molecule has 0 unspecified atom stereocenters. The number of piperazine rings is 1. The minimum atomic E-state index is -1.37. The van der Waals surface area contributed by atoms with Gasteiger partial charge in [-0.1, -0.05) is 11.6 Å². The molecule has 0 amide bonds. The molecule has 26 heavy (non-hydrogen) atoms. The number of nitrogens with two attached hydrogens (primary N) is 1. The summed E-state index contributed by atoms with van der Waals surface area (Å²) < 4.78 is 16.7. The molecule has 1 aliphatic carbocycles. The van der Waals surface area contributed by atoms with E-state index in [1.165, 1.54) is 6.20 Å². The van der Waals surface area contributed by atoms with Crippen molar-refractivity contribution < 1.29 is 14.3 Å². The van der Waals surface area contributed by atoms with E-state index in [1.54, 1.807) is 9.47 Å². The van der Waals surface area contributed by atoms with Crippen LogP contribution in [0, 0.1) is 5.82 Å². The molecule has 2 heterocycles.